The second kappa shape index (κ2) is 11.3. The third kappa shape index (κ3) is 7.03. The maximum absolute atomic E-state index is 12.6. The Morgan fingerprint density at radius 3 is 2.68 bits per heavy atom. The van der Waals surface area contributed by atoms with E-state index in [1.165, 1.54) is 0 Å². The first kappa shape index (κ1) is 22.6. The molecule has 9 heteroatoms. The van der Waals surface area contributed by atoms with Gasteiger partial charge in [0.25, 0.3) is 0 Å². The summed E-state index contributed by atoms with van der Waals surface area (Å²) in [6.07, 6.45) is 0.569. The van der Waals surface area contributed by atoms with Crippen LogP contribution in [-0.2, 0) is 16.1 Å². The zero-order valence-corrected chi connectivity index (χ0v) is 18.2. The quantitative estimate of drug-likeness (QED) is 0.645. The van der Waals surface area contributed by atoms with Gasteiger partial charge in [-0.1, -0.05) is 13.8 Å². The Labute approximate surface area is 171 Å². The van der Waals surface area contributed by atoms with Crippen molar-refractivity contribution >= 4 is 23.3 Å². The van der Waals surface area contributed by atoms with Crippen LogP contribution in [0.5, 0.6) is 0 Å². The van der Waals surface area contributed by atoms with E-state index in [-0.39, 0.29) is 11.9 Å². The van der Waals surface area contributed by atoms with Gasteiger partial charge in [-0.2, -0.15) is 0 Å². The number of ether oxygens (including phenoxy) is 1. The molecule has 8 nitrogen and oxygen atoms in total. The average Bonchev–Trinajstić information content (AvgIpc) is 3.14. The molecule has 2 rings (SSSR count). The van der Waals surface area contributed by atoms with Crippen molar-refractivity contribution in [3.8, 4) is 0 Å². The lowest BCUT2D eigenvalue weighted by Crippen LogP contribution is -2.51. The van der Waals surface area contributed by atoms with Crippen LogP contribution in [0.2, 0.25) is 0 Å². The Morgan fingerprint density at radius 2 is 2.07 bits per heavy atom. The third-order valence-corrected chi connectivity index (χ3v) is 5.81. The molecule has 1 aromatic heterocycles. The average molecular weight is 412 g/mol. The van der Waals surface area contributed by atoms with Crippen LogP contribution >= 0.6 is 11.3 Å². The van der Waals surface area contributed by atoms with Gasteiger partial charge in [-0.25, -0.2) is 9.78 Å². The number of urea groups is 1. The summed E-state index contributed by atoms with van der Waals surface area (Å²) in [7, 11) is 1.72. The molecule has 1 atom stereocenters. The molecule has 3 amide bonds. The van der Waals surface area contributed by atoms with E-state index in [0.29, 0.717) is 38.6 Å². The van der Waals surface area contributed by atoms with Crippen LogP contribution in [0, 0.1) is 0 Å². The Kier molecular flexibility index (Phi) is 9.14. The molecule has 0 aromatic carbocycles. The molecule has 0 saturated carbocycles. The minimum Gasteiger partial charge on any atom is -0.379 e. The molecule has 1 saturated heterocycles. The summed E-state index contributed by atoms with van der Waals surface area (Å²) in [4.78, 5) is 33.4. The molecule has 158 valence electrons. The topological polar surface area (TPSA) is 86.8 Å². The third-order valence-electron chi connectivity index (χ3n) is 4.61. The van der Waals surface area contributed by atoms with Gasteiger partial charge in [-0.05, 0) is 13.3 Å². The van der Waals surface area contributed by atoms with Gasteiger partial charge >= 0.3 is 6.03 Å². The number of thiazole rings is 1. The number of amides is 3. The van der Waals surface area contributed by atoms with E-state index in [2.05, 4.69) is 34.4 Å². The minimum atomic E-state index is -0.556. The first-order valence-electron chi connectivity index (χ1n) is 9.94. The van der Waals surface area contributed by atoms with Crippen LogP contribution in [0.25, 0.3) is 0 Å². The number of likely N-dealkylation sites (N-methyl/N-ethyl adjacent to an activating group) is 1. The van der Waals surface area contributed by atoms with Gasteiger partial charge in [0.15, 0.2) is 0 Å². The molecule has 0 bridgehead atoms. The summed E-state index contributed by atoms with van der Waals surface area (Å²) < 4.78 is 5.36. The van der Waals surface area contributed by atoms with Crippen LogP contribution in [0.1, 0.15) is 43.8 Å². The summed E-state index contributed by atoms with van der Waals surface area (Å²) in [6, 6.07) is -0.822. The summed E-state index contributed by atoms with van der Waals surface area (Å²) in [5.41, 5.74) is 0.870. The Hall–Kier alpha value is -1.71. The highest BCUT2D eigenvalue weighted by molar-refractivity contribution is 7.09. The van der Waals surface area contributed by atoms with Crippen LogP contribution in [0.4, 0.5) is 4.79 Å². The van der Waals surface area contributed by atoms with Crippen molar-refractivity contribution in [1.29, 1.82) is 0 Å². The number of aromatic nitrogens is 1. The van der Waals surface area contributed by atoms with Crippen molar-refractivity contribution in [2.45, 2.75) is 45.7 Å². The summed E-state index contributed by atoms with van der Waals surface area (Å²) in [5, 5.41) is 8.75. The molecule has 0 radical (unpaired) electrons. The largest absolute Gasteiger partial charge is 0.379 e. The van der Waals surface area contributed by atoms with Crippen LogP contribution in [-0.4, -0.2) is 79.2 Å². The lowest BCUT2D eigenvalue weighted by molar-refractivity contribution is -0.123. The number of nitrogens with one attached hydrogen (secondary N) is 2. The lowest BCUT2D eigenvalue weighted by Gasteiger charge is -2.29. The maximum atomic E-state index is 12.6. The van der Waals surface area contributed by atoms with Crippen molar-refractivity contribution in [1.82, 2.24) is 25.4 Å². The molecule has 0 aliphatic carbocycles. The fraction of sp³-hybridized carbons (Fsp3) is 0.737. The molecule has 28 heavy (non-hydrogen) atoms. The number of nitrogens with zero attached hydrogens (tertiary/aromatic N) is 3. The number of carbonyl (C=O) groups excluding carboxylic acids is 2. The number of morpholine rings is 1. The van der Waals surface area contributed by atoms with E-state index in [1.807, 2.05) is 12.3 Å². The number of hydrogen-bond donors (Lipinski definition) is 2. The van der Waals surface area contributed by atoms with E-state index in [1.54, 1.807) is 23.3 Å². The summed E-state index contributed by atoms with van der Waals surface area (Å²) >= 11 is 1.61. The fourth-order valence-corrected chi connectivity index (χ4v) is 3.76. The summed E-state index contributed by atoms with van der Waals surface area (Å²) in [5.74, 6) is 0.230. The van der Waals surface area contributed by atoms with E-state index in [4.69, 9.17) is 4.74 Å². The van der Waals surface area contributed by atoms with Crippen LogP contribution < -0.4 is 10.6 Å². The molecule has 1 unspecified atom stereocenters. The van der Waals surface area contributed by atoms with Gasteiger partial charge in [-0.3, -0.25) is 9.69 Å². The first-order chi connectivity index (χ1) is 13.4. The Bertz CT molecular complexity index is 631. The molecule has 2 heterocycles. The van der Waals surface area contributed by atoms with Gasteiger partial charge < -0.3 is 20.3 Å². The molecular weight excluding hydrogens is 378 g/mol. The highest BCUT2D eigenvalue weighted by Crippen LogP contribution is 2.19. The van der Waals surface area contributed by atoms with Gasteiger partial charge in [0.1, 0.15) is 6.04 Å². The molecule has 2 N–H and O–H groups in total. The predicted octanol–water partition coefficient (Wildman–Crippen LogP) is 1.63. The molecule has 1 aliphatic heterocycles. The van der Waals surface area contributed by atoms with Crippen molar-refractivity contribution in [2.24, 2.45) is 0 Å². The Morgan fingerprint density at radius 1 is 1.36 bits per heavy atom. The van der Waals surface area contributed by atoms with Crippen LogP contribution in [0.15, 0.2) is 5.38 Å². The van der Waals surface area contributed by atoms with Crippen molar-refractivity contribution in [3.05, 3.63) is 16.1 Å². The van der Waals surface area contributed by atoms with Gasteiger partial charge in [0, 0.05) is 44.5 Å². The highest BCUT2D eigenvalue weighted by atomic mass is 32.1. The number of hydrogen-bond acceptors (Lipinski definition) is 6. The standard InChI is InChI=1S/C19H33N5O3S/c1-5-20-17(25)16(6-7-24-8-10-27-11-9-24)22-19(26)23(4)12-15-13-28-18(21-15)14(2)3/h13-14,16H,5-12H2,1-4H3,(H,20,25)(H,22,26). The Balaban J connectivity index is 1.90. The smallest absolute Gasteiger partial charge is 0.318 e. The van der Waals surface area contributed by atoms with Gasteiger partial charge in [0.05, 0.1) is 30.5 Å². The van der Waals surface area contributed by atoms with E-state index in [9.17, 15) is 9.59 Å². The molecule has 0 spiro atoms. The molecule has 1 fully saturated rings. The molecule has 1 aliphatic rings. The number of carbonyl (C=O) groups is 2. The van der Waals surface area contributed by atoms with Crippen molar-refractivity contribution < 1.29 is 14.3 Å². The minimum absolute atomic E-state index is 0.145. The monoisotopic (exact) mass is 411 g/mol. The molecule has 1 aromatic rings. The first-order valence-corrected chi connectivity index (χ1v) is 10.8. The maximum Gasteiger partial charge on any atom is 0.318 e. The number of rotatable bonds is 9. The van der Waals surface area contributed by atoms with Crippen LogP contribution in [0.3, 0.4) is 0 Å². The normalized spacial score (nSPS) is 16.0. The molecular formula is C19H33N5O3S. The fourth-order valence-electron chi connectivity index (χ4n) is 2.94. The second-order valence-corrected chi connectivity index (χ2v) is 8.22. The zero-order chi connectivity index (χ0) is 20.5. The highest BCUT2D eigenvalue weighted by Gasteiger charge is 2.23. The van der Waals surface area contributed by atoms with Gasteiger partial charge in [0.2, 0.25) is 5.91 Å². The SMILES string of the molecule is CCNC(=O)C(CCN1CCOCC1)NC(=O)N(C)Cc1csc(C(C)C)n1. The van der Waals surface area contributed by atoms with Crippen molar-refractivity contribution in [2.75, 3.05) is 46.4 Å². The van der Waals surface area contributed by atoms with Gasteiger partial charge in [-0.15, -0.1) is 11.3 Å². The van der Waals surface area contributed by atoms with E-state index >= 15 is 0 Å². The van der Waals surface area contributed by atoms with E-state index in [0.717, 1.165) is 30.3 Å². The van der Waals surface area contributed by atoms with E-state index < -0.39 is 6.04 Å². The lowest BCUT2D eigenvalue weighted by atomic mass is 10.1. The summed E-state index contributed by atoms with van der Waals surface area (Å²) in [6.45, 7) is 10.9. The predicted molar refractivity (Wildman–Crippen MR) is 111 cm³/mol. The second-order valence-electron chi connectivity index (χ2n) is 7.33. The van der Waals surface area contributed by atoms with Crippen molar-refractivity contribution in [3.63, 3.8) is 0 Å². The zero-order valence-electron chi connectivity index (χ0n) is 17.4.